The van der Waals surface area contributed by atoms with Gasteiger partial charge in [0.2, 0.25) is 0 Å². The van der Waals surface area contributed by atoms with Crippen molar-refractivity contribution in [3.05, 3.63) is 35.4 Å². The van der Waals surface area contributed by atoms with Gasteiger partial charge < -0.3 is 4.90 Å². The fourth-order valence-corrected chi connectivity index (χ4v) is 4.58. The lowest BCUT2D eigenvalue weighted by Gasteiger charge is -2.37. The predicted molar refractivity (Wildman–Crippen MR) is 94.4 cm³/mol. The average molecular weight is 334 g/mol. The highest BCUT2D eigenvalue weighted by atomic mass is 32.2. The van der Waals surface area contributed by atoms with E-state index in [4.69, 9.17) is 0 Å². The summed E-state index contributed by atoms with van der Waals surface area (Å²) in [5.41, 5.74) is 2.69. The van der Waals surface area contributed by atoms with E-state index in [1.807, 2.05) is 0 Å². The number of nitrogens with zero attached hydrogens (tertiary/aromatic N) is 2. The molecule has 1 atom stereocenters. The largest absolute Gasteiger partial charge is 0.358 e. The molecule has 23 heavy (non-hydrogen) atoms. The molecule has 0 spiro atoms. The van der Waals surface area contributed by atoms with Crippen molar-refractivity contribution < 1.29 is 8.42 Å². The third-order valence-corrected chi connectivity index (χ3v) is 6.11. The highest BCUT2D eigenvalue weighted by Crippen LogP contribution is 2.27. The van der Waals surface area contributed by atoms with E-state index >= 15 is 0 Å². The maximum absolute atomic E-state index is 11.8. The molecule has 4 nitrogen and oxygen atoms in total. The van der Waals surface area contributed by atoms with Crippen LogP contribution in [0.2, 0.25) is 0 Å². The first-order chi connectivity index (χ1) is 10.9. The fraction of sp³-hybridized carbons (Fsp3) is 0.611. The molecule has 0 aliphatic carbocycles. The number of rotatable bonds is 4. The van der Waals surface area contributed by atoms with Crippen molar-refractivity contribution >= 4 is 15.9 Å². The van der Waals surface area contributed by atoms with E-state index in [1.165, 1.54) is 11.1 Å². The molecule has 0 bridgehead atoms. The molecule has 1 unspecified atom stereocenters. The fourth-order valence-electron chi connectivity index (χ4n) is 3.49. The molecule has 2 heterocycles. The van der Waals surface area contributed by atoms with Gasteiger partial charge >= 0.3 is 0 Å². The minimum absolute atomic E-state index is 0.167. The van der Waals surface area contributed by atoms with E-state index in [1.54, 1.807) is 0 Å². The Kier molecular flexibility index (Phi) is 4.76. The quantitative estimate of drug-likeness (QED) is 0.849. The van der Waals surface area contributed by atoms with Gasteiger partial charge in [0.1, 0.15) is 5.84 Å². The Morgan fingerprint density at radius 1 is 1.22 bits per heavy atom. The zero-order chi connectivity index (χ0) is 16.4. The van der Waals surface area contributed by atoms with Crippen molar-refractivity contribution in [3.8, 4) is 0 Å². The van der Waals surface area contributed by atoms with Gasteiger partial charge in [0.25, 0.3) is 10.0 Å². The monoisotopic (exact) mass is 334 g/mol. The average Bonchev–Trinajstić information content (AvgIpc) is 2.52. The lowest BCUT2D eigenvalue weighted by molar-refractivity contribution is 0.330. The van der Waals surface area contributed by atoms with Crippen molar-refractivity contribution in [2.75, 3.05) is 18.8 Å². The Hall–Kier alpha value is -1.36. The molecule has 1 fully saturated rings. The molecule has 0 amide bonds. The van der Waals surface area contributed by atoms with E-state index in [9.17, 15) is 8.42 Å². The zero-order valence-corrected chi connectivity index (χ0v) is 14.8. The normalized spacial score (nSPS) is 23.5. The van der Waals surface area contributed by atoms with Gasteiger partial charge in [0.15, 0.2) is 0 Å². The van der Waals surface area contributed by atoms with Crippen molar-refractivity contribution in [3.63, 3.8) is 0 Å². The highest BCUT2D eigenvalue weighted by Gasteiger charge is 2.32. The number of hydrogen-bond acceptors (Lipinski definition) is 3. The van der Waals surface area contributed by atoms with E-state index in [-0.39, 0.29) is 11.7 Å². The van der Waals surface area contributed by atoms with Crippen molar-refractivity contribution in [2.24, 2.45) is 10.3 Å². The second-order valence-electron chi connectivity index (χ2n) is 7.00. The molecule has 1 aromatic carbocycles. The van der Waals surface area contributed by atoms with Gasteiger partial charge in [-0.2, -0.15) is 4.40 Å². The number of aryl methyl sites for hydroxylation is 1. The summed E-state index contributed by atoms with van der Waals surface area (Å²) in [6.07, 6.45) is 4.15. The van der Waals surface area contributed by atoms with Gasteiger partial charge in [-0.15, -0.1) is 0 Å². The van der Waals surface area contributed by atoms with Crippen molar-refractivity contribution in [2.45, 2.75) is 45.4 Å². The number of fused-ring (bicyclic) bond motifs is 1. The van der Waals surface area contributed by atoms with Gasteiger partial charge in [-0.25, -0.2) is 8.42 Å². The summed E-state index contributed by atoms with van der Waals surface area (Å²) in [5, 5.41) is 0. The van der Waals surface area contributed by atoms with Gasteiger partial charge in [-0.05, 0) is 42.7 Å². The number of sulfonamides is 1. The summed E-state index contributed by atoms with van der Waals surface area (Å²) < 4.78 is 27.7. The molecule has 0 radical (unpaired) electrons. The molecule has 3 rings (SSSR count). The van der Waals surface area contributed by atoms with Crippen LogP contribution in [0.5, 0.6) is 0 Å². The summed E-state index contributed by atoms with van der Waals surface area (Å²) in [6.45, 7) is 5.97. The van der Waals surface area contributed by atoms with Crippen LogP contribution in [-0.2, 0) is 16.4 Å². The van der Waals surface area contributed by atoms with Gasteiger partial charge in [-0.3, -0.25) is 0 Å². The van der Waals surface area contributed by atoms with Gasteiger partial charge in [-0.1, -0.05) is 38.1 Å². The van der Waals surface area contributed by atoms with Crippen molar-refractivity contribution in [1.29, 1.82) is 0 Å². The molecule has 5 heteroatoms. The standard InChI is InChI=1S/C18H26N2O2S/c1-14(2)16-8-5-15(6-9-16)7-10-17-4-3-11-20-12-13-23(21,22)19-18(17)20/h5-6,8-9,14,17H,3-4,7,10-13H2,1-2H3. The summed E-state index contributed by atoms with van der Waals surface area (Å²) in [4.78, 5) is 2.18. The second kappa shape index (κ2) is 6.63. The molecule has 2 aliphatic rings. The maximum atomic E-state index is 11.8. The summed E-state index contributed by atoms with van der Waals surface area (Å²) in [6, 6.07) is 8.82. The smallest absolute Gasteiger partial charge is 0.256 e. The number of hydrogen-bond donors (Lipinski definition) is 0. The summed E-state index contributed by atoms with van der Waals surface area (Å²) in [5.74, 6) is 1.82. The van der Waals surface area contributed by atoms with Gasteiger partial charge in [0.05, 0.1) is 5.75 Å². The zero-order valence-electron chi connectivity index (χ0n) is 14.0. The van der Waals surface area contributed by atoms with Crippen LogP contribution in [0, 0.1) is 5.92 Å². The summed E-state index contributed by atoms with van der Waals surface area (Å²) in [7, 11) is -3.24. The molecular formula is C18H26N2O2S. The molecule has 0 saturated carbocycles. The van der Waals surface area contributed by atoms with E-state index in [0.717, 1.165) is 38.1 Å². The second-order valence-corrected chi connectivity index (χ2v) is 8.75. The molecular weight excluding hydrogens is 308 g/mol. The Labute approximate surface area is 139 Å². The molecule has 1 saturated heterocycles. The molecule has 0 aromatic heterocycles. The highest BCUT2D eigenvalue weighted by molar-refractivity contribution is 7.90. The lowest BCUT2D eigenvalue weighted by atomic mass is 9.90. The first-order valence-electron chi connectivity index (χ1n) is 8.61. The minimum atomic E-state index is -3.24. The van der Waals surface area contributed by atoms with E-state index in [0.29, 0.717) is 12.5 Å². The Morgan fingerprint density at radius 2 is 1.96 bits per heavy atom. The SMILES string of the molecule is CC(C)c1ccc(CCC2CCCN3CCS(=O)(=O)N=C23)cc1. The minimum Gasteiger partial charge on any atom is -0.358 e. The number of amidine groups is 1. The molecule has 0 N–H and O–H groups in total. The summed E-state index contributed by atoms with van der Waals surface area (Å²) >= 11 is 0. The van der Waals surface area contributed by atoms with E-state index < -0.39 is 10.0 Å². The van der Waals surface area contributed by atoms with Crippen LogP contribution in [0.15, 0.2) is 28.7 Å². The third kappa shape index (κ3) is 3.94. The maximum Gasteiger partial charge on any atom is 0.256 e. The molecule has 2 aliphatic heterocycles. The Bertz CT molecular complexity index is 677. The van der Waals surface area contributed by atoms with Crippen LogP contribution >= 0.6 is 0 Å². The molecule has 126 valence electrons. The van der Waals surface area contributed by atoms with Gasteiger partial charge in [0, 0.05) is 19.0 Å². The Morgan fingerprint density at radius 3 is 2.65 bits per heavy atom. The van der Waals surface area contributed by atoms with Crippen LogP contribution in [0.3, 0.4) is 0 Å². The first-order valence-corrected chi connectivity index (χ1v) is 10.2. The topological polar surface area (TPSA) is 49.7 Å². The Balaban J connectivity index is 1.68. The van der Waals surface area contributed by atoms with Crippen LogP contribution in [0.4, 0.5) is 0 Å². The number of benzene rings is 1. The van der Waals surface area contributed by atoms with Crippen molar-refractivity contribution in [1.82, 2.24) is 4.90 Å². The lowest BCUT2D eigenvalue weighted by Crippen LogP contribution is -2.47. The van der Waals surface area contributed by atoms with E-state index in [2.05, 4.69) is 47.4 Å². The first kappa shape index (κ1) is 16.5. The number of piperidine rings is 1. The van der Waals surface area contributed by atoms with Crippen LogP contribution in [-0.4, -0.2) is 38.0 Å². The third-order valence-electron chi connectivity index (χ3n) is 4.95. The van der Waals surface area contributed by atoms with Crippen LogP contribution in [0.25, 0.3) is 0 Å². The van der Waals surface area contributed by atoms with Crippen LogP contribution < -0.4 is 0 Å². The molecule has 1 aromatic rings. The van der Waals surface area contributed by atoms with Crippen LogP contribution in [0.1, 0.15) is 50.2 Å². The predicted octanol–water partition coefficient (Wildman–Crippen LogP) is 3.20.